The maximum atomic E-state index is 12.9. The zero-order valence-corrected chi connectivity index (χ0v) is 13.3. The van der Waals surface area contributed by atoms with Gasteiger partial charge in [-0.3, -0.25) is 0 Å². The van der Waals surface area contributed by atoms with Gasteiger partial charge < -0.3 is 4.74 Å². The Hall–Kier alpha value is -0.980. The molecule has 1 fully saturated rings. The summed E-state index contributed by atoms with van der Waals surface area (Å²) in [6.07, 6.45) is 1.57. The van der Waals surface area contributed by atoms with Crippen LogP contribution in [0.15, 0.2) is 24.3 Å². The topological polar surface area (TPSA) is 46.6 Å². The van der Waals surface area contributed by atoms with Gasteiger partial charge in [0.05, 0.1) is 5.75 Å². The Labute approximate surface area is 126 Å². The van der Waals surface area contributed by atoms with Crippen molar-refractivity contribution in [3.05, 3.63) is 35.6 Å². The van der Waals surface area contributed by atoms with Gasteiger partial charge in [0.1, 0.15) is 5.82 Å². The molecular weight excluding hydrogens is 293 g/mol. The Balaban J connectivity index is 1.99. The van der Waals surface area contributed by atoms with Gasteiger partial charge in [0, 0.05) is 26.3 Å². The molecule has 0 radical (unpaired) electrons. The van der Waals surface area contributed by atoms with Gasteiger partial charge in [-0.15, -0.1) is 0 Å². The molecule has 0 aliphatic carbocycles. The van der Waals surface area contributed by atoms with E-state index in [2.05, 4.69) is 0 Å². The van der Waals surface area contributed by atoms with Crippen molar-refractivity contribution in [2.75, 3.05) is 26.0 Å². The number of sulfonamides is 1. The third-order valence-corrected chi connectivity index (χ3v) is 6.09. The number of rotatable bonds is 6. The van der Waals surface area contributed by atoms with E-state index < -0.39 is 10.0 Å². The van der Waals surface area contributed by atoms with Crippen LogP contribution in [0.1, 0.15) is 31.4 Å². The fraction of sp³-hybridized carbons (Fsp3) is 0.600. The van der Waals surface area contributed by atoms with E-state index in [1.54, 1.807) is 19.2 Å². The zero-order chi connectivity index (χ0) is 15.5. The van der Waals surface area contributed by atoms with Crippen LogP contribution in [0.3, 0.4) is 0 Å². The van der Waals surface area contributed by atoms with Crippen molar-refractivity contribution in [2.45, 2.75) is 25.8 Å². The van der Waals surface area contributed by atoms with Crippen LogP contribution in [0.5, 0.6) is 0 Å². The number of ether oxygens (including phenoxy) is 1. The van der Waals surface area contributed by atoms with Crippen LogP contribution in [0, 0.1) is 11.7 Å². The van der Waals surface area contributed by atoms with E-state index in [9.17, 15) is 12.8 Å². The van der Waals surface area contributed by atoms with Gasteiger partial charge in [-0.1, -0.05) is 12.1 Å². The van der Waals surface area contributed by atoms with Crippen LogP contribution in [-0.4, -0.2) is 38.7 Å². The number of halogens is 1. The first-order chi connectivity index (χ1) is 9.90. The minimum Gasteiger partial charge on any atom is -0.381 e. The highest BCUT2D eigenvalue weighted by atomic mass is 32.2. The lowest BCUT2D eigenvalue weighted by Crippen LogP contribution is -2.32. The van der Waals surface area contributed by atoms with Gasteiger partial charge in [-0.05, 0) is 43.4 Å². The molecule has 0 aromatic heterocycles. The van der Waals surface area contributed by atoms with Gasteiger partial charge in [0.25, 0.3) is 0 Å². The predicted octanol–water partition coefficient (Wildman–Crippen LogP) is 2.57. The van der Waals surface area contributed by atoms with Crippen LogP contribution in [0.2, 0.25) is 0 Å². The summed E-state index contributed by atoms with van der Waals surface area (Å²) < 4.78 is 44.3. The number of hydrogen-bond acceptors (Lipinski definition) is 3. The molecule has 2 atom stereocenters. The highest BCUT2D eigenvalue weighted by Gasteiger charge is 2.26. The minimum absolute atomic E-state index is 0.128. The molecule has 4 nitrogen and oxygen atoms in total. The molecule has 0 saturated carbocycles. The van der Waals surface area contributed by atoms with Gasteiger partial charge in [-0.25, -0.2) is 12.8 Å². The number of benzene rings is 1. The summed E-state index contributed by atoms with van der Waals surface area (Å²) in [5.41, 5.74) is 0.784. The van der Waals surface area contributed by atoms with Gasteiger partial charge >= 0.3 is 0 Å². The van der Waals surface area contributed by atoms with E-state index in [0.29, 0.717) is 18.9 Å². The standard InChI is InChI=1S/C15H22FNO3S/c1-12(14-3-5-15(16)6-4-14)17(2)21(18,19)10-8-13-7-9-20-11-13/h3-6,12-13H,7-11H2,1-2H3. The molecule has 6 heteroatoms. The van der Waals surface area contributed by atoms with Crippen molar-refractivity contribution in [2.24, 2.45) is 5.92 Å². The fourth-order valence-corrected chi connectivity index (χ4v) is 3.99. The lowest BCUT2D eigenvalue weighted by atomic mass is 10.1. The highest BCUT2D eigenvalue weighted by molar-refractivity contribution is 7.89. The van der Waals surface area contributed by atoms with Crippen LogP contribution >= 0.6 is 0 Å². The molecule has 1 aliphatic heterocycles. The maximum Gasteiger partial charge on any atom is 0.214 e. The van der Waals surface area contributed by atoms with Gasteiger partial charge in [0.15, 0.2) is 0 Å². The smallest absolute Gasteiger partial charge is 0.214 e. The van der Waals surface area contributed by atoms with E-state index in [0.717, 1.165) is 18.6 Å². The predicted molar refractivity (Wildman–Crippen MR) is 79.9 cm³/mol. The molecule has 1 aromatic carbocycles. The quantitative estimate of drug-likeness (QED) is 0.810. The van der Waals surface area contributed by atoms with Crippen molar-refractivity contribution >= 4 is 10.0 Å². The first-order valence-electron chi connectivity index (χ1n) is 7.19. The highest BCUT2D eigenvalue weighted by Crippen LogP contribution is 2.24. The Morgan fingerprint density at radius 1 is 1.38 bits per heavy atom. The summed E-state index contributed by atoms with van der Waals surface area (Å²) >= 11 is 0. The third kappa shape index (κ3) is 4.25. The molecule has 118 valence electrons. The first-order valence-corrected chi connectivity index (χ1v) is 8.80. The van der Waals surface area contributed by atoms with Crippen LogP contribution in [0.25, 0.3) is 0 Å². The maximum absolute atomic E-state index is 12.9. The minimum atomic E-state index is -3.32. The second kappa shape index (κ2) is 6.85. The van der Waals surface area contributed by atoms with Crippen LogP contribution in [0.4, 0.5) is 4.39 Å². The summed E-state index contributed by atoms with van der Waals surface area (Å²) in [6.45, 7) is 3.20. The van der Waals surface area contributed by atoms with Crippen molar-refractivity contribution in [3.63, 3.8) is 0 Å². The van der Waals surface area contributed by atoms with E-state index in [1.807, 2.05) is 6.92 Å². The third-order valence-electron chi connectivity index (χ3n) is 4.14. The first kappa shape index (κ1) is 16.4. The Kier molecular flexibility index (Phi) is 5.35. The summed E-state index contributed by atoms with van der Waals surface area (Å²) in [4.78, 5) is 0. The molecule has 1 aliphatic rings. The van der Waals surface area contributed by atoms with Crippen LogP contribution in [-0.2, 0) is 14.8 Å². The molecule has 1 aromatic rings. The summed E-state index contributed by atoms with van der Waals surface area (Å²) in [6, 6.07) is 5.63. The number of hydrogen-bond donors (Lipinski definition) is 0. The lowest BCUT2D eigenvalue weighted by Gasteiger charge is -2.25. The molecule has 21 heavy (non-hydrogen) atoms. The average molecular weight is 315 g/mol. The Morgan fingerprint density at radius 2 is 2.05 bits per heavy atom. The van der Waals surface area contributed by atoms with E-state index in [-0.39, 0.29) is 17.6 Å². The summed E-state index contributed by atoms with van der Waals surface area (Å²) in [7, 11) is -1.74. The number of nitrogens with zero attached hydrogens (tertiary/aromatic N) is 1. The van der Waals surface area contributed by atoms with Crippen molar-refractivity contribution < 1.29 is 17.5 Å². The van der Waals surface area contributed by atoms with Crippen molar-refractivity contribution in [1.82, 2.24) is 4.31 Å². The SMILES string of the molecule is CC(c1ccc(F)cc1)N(C)S(=O)(=O)CCC1CCOC1. The van der Waals surface area contributed by atoms with E-state index in [1.165, 1.54) is 16.4 Å². The van der Waals surface area contributed by atoms with Gasteiger partial charge in [-0.2, -0.15) is 4.31 Å². The molecule has 0 N–H and O–H groups in total. The monoisotopic (exact) mass is 315 g/mol. The molecular formula is C15H22FNO3S. The fourth-order valence-electron chi connectivity index (χ4n) is 2.46. The average Bonchev–Trinajstić information content (AvgIpc) is 2.98. The zero-order valence-electron chi connectivity index (χ0n) is 12.5. The van der Waals surface area contributed by atoms with Crippen molar-refractivity contribution in [1.29, 1.82) is 0 Å². The Morgan fingerprint density at radius 3 is 2.62 bits per heavy atom. The molecule has 1 saturated heterocycles. The molecule has 1 heterocycles. The summed E-state index contributed by atoms with van der Waals surface area (Å²) in [5.74, 6) is 0.148. The molecule has 2 rings (SSSR count). The van der Waals surface area contributed by atoms with E-state index in [4.69, 9.17) is 4.74 Å². The second-order valence-electron chi connectivity index (χ2n) is 5.58. The molecule has 0 spiro atoms. The van der Waals surface area contributed by atoms with Crippen LogP contribution < -0.4 is 0 Å². The molecule has 0 amide bonds. The summed E-state index contributed by atoms with van der Waals surface area (Å²) in [5, 5.41) is 0. The largest absolute Gasteiger partial charge is 0.381 e. The van der Waals surface area contributed by atoms with Gasteiger partial charge in [0.2, 0.25) is 10.0 Å². The molecule has 0 bridgehead atoms. The molecule has 2 unspecified atom stereocenters. The van der Waals surface area contributed by atoms with E-state index >= 15 is 0 Å². The van der Waals surface area contributed by atoms with Crippen molar-refractivity contribution in [3.8, 4) is 0 Å². The second-order valence-corrected chi connectivity index (χ2v) is 7.73. The normalized spacial score (nSPS) is 20.9. The lowest BCUT2D eigenvalue weighted by molar-refractivity contribution is 0.185. The Bertz CT molecular complexity index is 553.